The number of ether oxygens (including phenoxy) is 1. The van der Waals surface area contributed by atoms with E-state index in [-0.39, 0.29) is 11.4 Å². The first-order chi connectivity index (χ1) is 7.77. The Labute approximate surface area is 110 Å². The molecule has 0 saturated carbocycles. The Morgan fingerprint density at radius 3 is 2.65 bits per heavy atom. The van der Waals surface area contributed by atoms with E-state index >= 15 is 0 Å². The minimum Gasteiger partial charge on any atom is -0.377 e. The third-order valence-electron chi connectivity index (χ3n) is 2.23. The molecular formula is C10H15BrN2O3S. The number of nitrogens with zero attached hydrogens (tertiary/aromatic N) is 1. The van der Waals surface area contributed by atoms with Gasteiger partial charge < -0.3 is 4.74 Å². The number of aromatic nitrogens is 1. The Morgan fingerprint density at radius 1 is 1.47 bits per heavy atom. The number of methoxy groups -OCH3 is 1. The van der Waals surface area contributed by atoms with Crippen LogP contribution in [0.4, 0.5) is 0 Å². The number of rotatable bonds is 5. The summed E-state index contributed by atoms with van der Waals surface area (Å²) in [5, 5.41) is 0. The van der Waals surface area contributed by atoms with Crippen molar-refractivity contribution in [3.05, 3.63) is 22.9 Å². The molecule has 0 unspecified atom stereocenters. The zero-order valence-corrected chi connectivity index (χ0v) is 12.3. The largest absolute Gasteiger partial charge is 0.377 e. The molecule has 1 N–H and O–H groups in total. The van der Waals surface area contributed by atoms with Crippen molar-refractivity contribution in [2.75, 3.05) is 13.7 Å². The summed E-state index contributed by atoms with van der Waals surface area (Å²) >= 11 is 3.18. The minimum absolute atomic E-state index is 0.124. The van der Waals surface area contributed by atoms with Gasteiger partial charge in [0, 0.05) is 30.5 Å². The Morgan fingerprint density at radius 2 is 2.12 bits per heavy atom. The summed E-state index contributed by atoms with van der Waals surface area (Å²) in [6.45, 7) is 3.79. The molecule has 1 rings (SSSR count). The van der Waals surface area contributed by atoms with Gasteiger partial charge in [-0.25, -0.2) is 13.1 Å². The first-order valence-corrected chi connectivity index (χ1v) is 7.20. The molecule has 0 saturated heterocycles. The van der Waals surface area contributed by atoms with Gasteiger partial charge in [-0.2, -0.15) is 0 Å². The van der Waals surface area contributed by atoms with E-state index in [4.69, 9.17) is 4.74 Å². The van der Waals surface area contributed by atoms with E-state index in [1.807, 2.05) is 0 Å². The summed E-state index contributed by atoms with van der Waals surface area (Å²) < 4.78 is 32.1. The molecule has 5 nitrogen and oxygen atoms in total. The maximum atomic E-state index is 11.9. The number of hydrogen-bond donors (Lipinski definition) is 1. The van der Waals surface area contributed by atoms with Gasteiger partial charge in [0.05, 0.1) is 5.60 Å². The third kappa shape index (κ3) is 4.34. The highest BCUT2D eigenvalue weighted by molar-refractivity contribution is 9.10. The van der Waals surface area contributed by atoms with Crippen LogP contribution < -0.4 is 4.72 Å². The van der Waals surface area contributed by atoms with Crippen molar-refractivity contribution < 1.29 is 13.2 Å². The lowest BCUT2D eigenvalue weighted by atomic mass is 10.1. The van der Waals surface area contributed by atoms with Gasteiger partial charge >= 0.3 is 0 Å². The fourth-order valence-electron chi connectivity index (χ4n) is 0.964. The lowest BCUT2D eigenvalue weighted by Gasteiger charge is -2.22. The molecule has 1 aromatic rings. The molecular weight excluding hydrogens is 308 g/mol. The molecule has 0 radical (unpaired) electrons. The molecule has 0 spiro atoms. The van der Waals surface area contributed by atoms with Crippen molar-refractivity contribution >= 4 is 26.0 Å². The molecule has 96 valence electrons. The lowest BCUT2D eigenvalue weighted by molar-refractivity contribution is 0.0276. The minimum atomic E-state index is -3.55. The van der Waals surface area contributed by atoms with Gasteiger partial charge in [0.2, 0.25) is 10.0 Å². The van der Waals surface area contributed by atoms with E-state index in [9.17, 15) is 8.42 Å². The molecule has 0 bridgehead atoms. The van der Waals surface area contributed by atoms with Crippen molar-refractivity contribution in [1.82, 2.24) is 9.71 Å². The summed E-state index contributed by atoms with van der Waals surface area (Å²) in [5.41, 5.74) is -0.549. The SMILES string of the molecule is COC(C)(C)CNS(=O)(=O)c1cncc(Br)c1. The first-order valence-electron chi connectivity index (χ1n) is 4.92. The van der Waals surface area contributed by atoms with Crippen molar-refractivity contribution in [3.63, 3.8) is 0 Å². The summed E-state index contributed by atoms with van der Waals surface area (Å²) in [4.78, 5) is 3.94. The van der Waals surface area contributed by atoms with Gasteiger partial charge in [-0.1, -0.05) is 0 Å². The van der Waals surface area contributed by atoms with Crippen molar-refractivity contribution in [1.29, 1.82) is 0 Å². The van der Waals surface area contributed by atoms with Gasteiger partial charge in [-0.15, -0.1) is 0 Å². The van der Waals surface area contributed by atoms with Gasteiger partial charge in [0.25, 0.3) is 0 Å². The quantitative estimate of drug-likeness (QED) is 0.893. The molecule has 0 aromatic carbocycles. The van der Waals surface area contributed by atoms with Crippen LogP contribution in [-0.4, -0.2) is 32.7 Å². The average molecular weight is 323 g/mol. The van der Waals surface area contributed by atoms with E-state index in [0.717, 1.165) is 0 Å². The van der Waals surface area contributed by atoms with Crippen molar-refractivity contribution in [3.8, 4) is 0 Å². The van der Waals surface area contributed by atoms with Gasteiger partial charge in [-0.3, -0.25) is 4.98 Å². The summed E-state index contributed by atoms with van der Waals surface area (Å²) in [7, 11) is -2.01. The Bertz CT molecular complexity index is 488. The van der Waals surface area contributed by atoms with E-state index in [2.05, 4.69) is 25.6 Å². The summed E-state index contributed by atoms with van der Waals surface area (Å²) in [5.74, 6) is 0. The highest BCUT2D eigenvalue weighted by atomic mass is 79.9. The molecule has 1 heterocycles. The Balaban J connectivity index is 2.83. The number of nitrogens with one attached hydrogen (secondary N) is 1. The molecule has 17 heavy (non-hydrogen) atoms. The molecule has 0 amide bonds. The fourth-order valence-corrected chi connectivity index (χ4v) is 2.67. The predicted octanol–water partition coefficient (Wildman–Crippen LogP) is 1.55. The predicted molar refractivity (Wildman–Crippen MR) is 68.2 cm³/mol. The highest BCUT2D eigenvalue weighted by Crippen LogP contribution is 2.15. The Hall–Kier alpha value is -0.500. The van der Waals surface area contributed by atoms with Crippen LogP contribution in [0.5, 0.6) is 0 Å². The monoisotopic (exact) mass is 322 g/mol. The molecule has 0 aliphatic rings. The van der Waals surface area contributed by atoms with E-state index in [0.29, 0.717) is 4.47 Å². The van der Waals surface area contributed by atoms with Gasteiger partial charge in [-0.05, 0) is 35.8 Å². The van der Waals surface area contributed by atoms with Crippen LogP contribution in [0.15, 0.2) is 27.8 Å². The van der Waals surface area contributed by atoms with Crippen LogP contribution in [0.3, 0.4) is 0 Å². The number of hydrogen-bond acceptors (Lipinski definition) is 4. The molecule has 0 atom stereocenters. The standard InChI is InChI=1S/C10H15BrN2O3S/c1-10(2,16-3)7-13-17(14,15)9-4-8(11)5-12-6-9/h4-6,13H,7H2,1-3H3. The second-order valence-corrected chi connectivity index (χ2v) is 6.81. The smallest absolute Gasteiger partial charge is 0.242 e. The lowest BCUT2D eigenvalue weighted by Crippen LogP contribution is -2.39. The topological polar surface area (TPSA) is 68.3 Å². The Kier molecular flexibility index (Phi) is 4.65. The average Bonchev–Trinajstić information content (AvgIpc) is 2.27. The molecule has 0 fully saturated rings. The molecule has 0 aliphatic heterocycles. The van der Waals surface area contributed by atoms with E-state index in [1.54, 1.807) is 13.8 Å². The number of sulfonamides is 1. The third-order valence-corrected chi connectivity index (χ3v) is 4.03. The maximum Gasteiger partial charge on any atom is 0.242 e. The van der Waals surface area contributed by atoms with Gasteiger partial charge in [0.1, 0.15) is 4.90 Å². The summed E-state index contributed by atoms with van der Waals surface area (Å²) in [6.07, 6.45) is 2.82. The van der Waals surface area contributed by atoms with E-state index in [1.165, 1.54) is 25.6 Å². The second kappa shape index (κ2) is 5.43. The summed E-state index contributed by atoms with van der Waals surface area (Å²) in [6, 6.07) is 1.50. The number of halogens is 1. The molecule has 7 heteroatoms. The van der Waals surface area contributed by atoms with Crippen LogP contribution >= 0.6 is 15.9 Å². The highest BCUT2D eigenvalue weighted by Gasteiger charge is 2.21. The van der Waals surface area contributed by atoms with E-state index < -0.39 is 15.6 Å². The van der Waals surface area contributed by atoms with Crippen LogP contribution in [0.25, 0.3) is 0 Å². The first kappa shape index (κ1) is 14.6. The van der Waals surface area contributed by atoms with Crippen LogP contribution in [-0.2, 0) is 14.8 Å². The normalized spacial score (nSPS) is 12.7. The van der Waals surface area contributed by atoms with Crippen LogP contribution in [0.2, 0.25) is 0 Å². The second-order valence-electron chi connectivity index (χ2n) is 4.13. The van der Waals surface area contributed by atoms with Crippen molar-refractivity contribution in [2.45, 2.75) is 24.3 Å². The van der Waals surface area contributed by atoms with Crippen molar-refractivity contribution in [2.24, 2.45) is 0 Å². The van der Waals surface area contributed by atoms with Crippen LogP contribution in [0.1, 0.15) is 13.8 Å². The zero-order chi connectivity index (χ0) is 13.1. The van der Waals surface area contributed by atoms with Gasteiger partial charge in [0.15, 0.2) is 0 Å². The molecule has 0 aliphatic carbocycles. The maximum absolute atomic E-state index is 11.9. The number of pyridine rings is 1. The fraction of sp³-hybridized carbons (Fsp3) is 0.500. The van der Waals surface area contributed by atoms with Crippen LogP contribution in [0, 0.1) is 0 Å². The molecule has 1 aromatic heterocycles. The zero-order valence-electron chi connectivity index (χ0n) is 9.90.